The van der Waals surface area contributed by atoms with Crippen LogP contribution in [0.5, 0.6) is 0 Å². The first kappa shape index (κ1) is 22.3. The Morgan fingerprint density at radius 1 is 1.16 bits per heavy atom. The highest BCUT2D eigenvalue weighted by Gasteiger charge is 2.47. The first-order valence-corrected chi connectivity index (χ1v) is 11.8. The zero-order valence-corrected chi connectivity index (χ0v) is 19.4. The van der Waals surface area contributed by atoms with E-state index in [1.807, 2.05) is 39.0 Å². The summed E-state index contributed by atoms with van der Waals surface area (Å²) in [6.45, 7) is 5.50. The van der Waals surface area contributed by atoms with Crippen LogP contribution in [0.4, 0.5) is 10.5 Å². The van der Waals surface area contributed by atoms with Gasteiger partial charge in [0.2, 0.25) is 0 Å². The maximum Gasteiger partial charge on any atom is 0.413 e. The monoisotopic (exact) mass is 452 g/mol. The quantitative estimate of drug-likeness (QED) is 0.687. The van der Waals surface area contributed by atoms with E-state index in [9.17, 15) is 9.59 Å². The molecule has 1 aliphatic heterocycles. The van der Waals surface area contributed by atoms with Gasteiger partial charge in [0.1, 0.15) is 11.3 Å². The average Bonchev–Trinajstić information content (AvgIpc) is 3.17. The normalized spacial score (nSPS) is 22.5. The number of aromatic nitrogens is 1. The van der Waals surface area contributed by atoms with Crippen molar-refractivity contribution in [3.05, 3.63) is 59.9 Å². The van der Waals surface area contributed by atoms with Gasteiger partial charge in [-0.2, -0.15) is 0 Å². The number of benzene rings is 1. The van der Waals surface area contributed by atoms with Crippen LogP contribution in [0.2, 0.25) is 0 Å². The highest BCUT2D eigenvalue weighted by molar-refractivity contribution is 8.13. The summed E-state index contributed by atoms with van der Waals surface area (Å²) in [7, 11) is 0. The summed E-state index contributed by atoms with van der Waals surface area (Å²) in [5.74, 6) is 0.996. The number of aliphatic imine (C=N–C) groups is 1. The van der Waals surface area contributed by atoms with E-state index in [1.54, 1.807) is 36.2 Å². The number of amidine groups is 1. The van der Waals surface area contributed by atoms with Gasteiger partial charge in [-0.3, -0.25) is 20.1 Å². The lowest BCUT2D eigenvalue weighted by molar-refractivity contribution is 0.0563. The van der Waals surface area contributed by atoms with Gasteiger partial charge in [-0.25, -0.2) is 4.79 Å². The molecular formula is C24H28N4O3S. The van der Waals surface area contributed by atoms with Crippen molar-refractivity contribution in [1.82, 2.24) is 10.3 Å². The lowest BCUT2D eigenvalue weighted by Crippen LogP contribution is -2.41. The van der Waals surface area contributed by atoms with E-state index in [1.165, 1.54) is 0 Å². The topological polar surface area (TPSA) is 92.7 Å². The third-order valence-corrected chi connectivity index (χ3v) is 6.67. The van der Waals surface area contributed by atoms with Gasteiger partial charge in [0.25, 0.3) is 5.91 Å². The highest BCUT2D eigenvalue weighted by atomic mass is 32.2. The number of amides is 2. The van der Waals surface area contributed by atoms with Crippen LogP contribution in [-0.4, -0.2) is 33.5 Å². The van der Waals surface area contributed by atoms with E-state index >= 15 is 0 Å². The Balaban J connectivity index is 1.58. The van der Waals surface area contributed by atoms with Crippen molar-refractivity contribution in [2.24, 2.45) is 10.9 Å². The lowest BCUT2D eigenvalue weighted by Gasteiger charge is -2.37. The van der Waals surface area contributed by atoms with Crippen molar-refractivity contribution in [3.8, 4) is 0 Å². The fraction of sp³-hybridized carbons (Fsp3) is 0.417. The highest BCUT2D eigenvalue weighted by Crippen LogP contribution is 2.51. The van der Waals surface area contributed by atoms with Crippen molar-refractivity contribution in [2.45, 2.75) is 51.2 Å². The molecule has 0 radical (unpaired) electrons. The van der Waals surface area contributed by atoms with E-state index < -0.39 is 17.2 Å². The minimum atomic E-state index is -0.572. The molecule has 2 atom stereocenters. The molecule has 1 saturated carbocycles. The Bertz CT molecular complexity index is 1040. The van der Waals surface area contributed by atoms with Gasteiger partial charge in [-0.05, 0) is 69.4 Å². The van der Waals surface area contributed by atoms with Crippen LogP contribution in [0, 0.1) is 5.92 Å². The molecule has 32 heavy (non-hydrogen) atoms. The number of thioether (sulfide) groups is 1. The van der Waals surface area contributed by atoms with E-state index in [4.69, 9.17) is 9.73 Å². The van der Waals surface area contributed by atoms with Gasteiger partial charge in [-0.1, -0.05) is 36.4 Å². The predicted molar refractivity (Wildman–Crippen MR) is 127 cm³/mol. The second-order valence-electron chi connectivity index (χ2n) is 9.12. The van der Waals surface area contributed by atoms with Crippen molar-refractivity contribution in [1.29, 1.82) is 0 Å². The average molecular weight is 453 g/mol. The lowest BCUT2D eigenvalue weighted by atomic mass is 9.81. The second-order valence-corrected chi connectivity index (χ2v) is 10.1. The van der Waals surface area contributed by atoms with E-state index in [-0.39, 0.29) is 5.91 Å². The van der Waals surface area contributed by atoms with Crippen LogP contribution in [0.25, 0.3) is 0 Å². The number of alkyl carbamates (subject to hydrolysis) is 1. The molecule has 2 aromatic rings. The summed E-state index contributed by atoms with van der Waals surface area (Å²) < 4.78 is 5.40. The molecule has 168 valence electrons. The first-order chi connectivity index (χ1) is 15.2. The number of hydrogen-bond acceptors (Lipinski definition) is 6. The molecule has 1 aromatic heterocycles. The van der Waals surface area contributed by atoms with E-state index in [0.29, 0.717) is 22.5 Å². The number of hydrogen-bond donors (Lipinski definition) is 2. The molecule has 2 aliphatic rings. The summed E-state index contributed by atoms with van der Waals surface area (Å²) in [6.07, 6.45) is 4.16. The summed E-state index contributed by atoms with van der Waals surface area (Å²) in [6, 6.07) is 13.1. The van der Waals surface area contributed by atoms with Crippen LogP contribution >= 0.6 is 11.8 Å². The summed E-state index contributed by atoms with van der Waals surface area (Å²) in [5.41, 5.74) is 1.13. The molecule has 4 rings (SSSR count). The Labute approximate surface area is 192 Å². The molecule has 1 aromatic carbocycles. The number of carbonyl (C=O) groups is 2. The molecule has 0 bridgehead atoms. The number of ether oxygens (including phenoxy) is 1. The SMILES string of the molecule is CC(C)(C)OC(=O)NC1=N[C@@]2(c3cccc(NC(=O)c4ccccn4)c3)CCCC2CS1. The van der Waals surface area contributed by atoms with Gasteiger partial charge in [0, 0.05) is 17.6 Å². The van der Waals surface area contributed by atoms with Crippen LogP contribution in [0.15, 0.2) is 53.7 Å². The van der Waals surface area contributed by atoms with Gasteiger partial charge >= 0.3 is 6.09 Å². The molecule has 8 heteroatoms. The Kier molecular flexibility index (Phi) is 6.24. The van der Waals surface area contributed by atoms with E-state index in [0.717, 1.165) is 30.6 Å². The molecule has 1 unspecified atom stereocenters. The zero-order valence-electron chi connectivity index (χ0n) is 18.6. The Morgan fingerprint density at radius 2 is 2.00 bits per heavy atom. The van der Waals surface area contributed by atoms with Crippen LogP contribution in [0.1, 0.15) is 56.1 Å². The second kappa shape index (κ2) is 8.94. The largest absolute Gasteiger partial charge is 0.444 e. The fourth-order valence-electron chi connectivity index (χ4n) is 4.28. The maximum absolute atomic E-state index is 12.5. The zero-order chi connectivity index (χ0) is 22.8. The first-order valence-electron chi connectivity index (χ1n) is 10.8. The van der Waals surface area contributed by atoms with Crippen LogP contribution < -0.4 is 10.6 Å². The maximum atomic E-state index is 12.5. The minimum absolute atomic E-state index is 0.252. The number of anilines is 1. The predicted octanol–water partition coefficient (Wildman–Crippen LogP) is 4.96. The number of carbonyl (C=O) groups excluding carboxylic acids is 2. The molecule has 1 aliphatic carbocycles. The summed E-state index contributed by atoms with van der Waals surface area (Å²) >= 11 is 1.56. The third kappa shape index (κ3) is 4.96. The molecule has 2 heterocycles. The van der Waals surface area contributed by atoms with Crippen molar-refractivity contribution < 1.29 is 14.3 Å². The Morgan fingerprint density at radius 3 is 2.75 bits per heavy atom. The molecule has 0 saturated heterocycles. The molecule has 2 amide bonds. The standard InChI is InChI=1S/C24H28N4O3S/c1-23(2,3)31-22(30)27-21-28-24(12-7-9-17(24)15-32-21)16-8-6-10-18(14-16)26-20(29)19-11-4-5-13-25-19/h4-6,8,10-11,13-14,17H,7,9,12,15H2,1-3H3,(H,26,29)(H,27,28,30)/t17?,24-/m1/s1. The van der Waals surface area contributed by atoms with Gasteiger partial charge in [-0.15, -0.1) is 0 Å². The van der Waals surface area contributed by atoms with Crippen LogP contribution in [-0.2, 0) is 10.3 Å². The number of nitrogens with zero attached hydrogens (tertiary/aromatic N) is 2. The minimum Gasteiger partial charge on any atom is -0.444 e. The van der Waals surface area contributed by atoms with Gasteiger partial charge in [0.15, 0.2) is 5.17 Å². The number of pyridine rings is 1. The molecule has 1 fully saturated rings. The Hall–Kier alpha value is -2.87. The number of nitrogens with one attached hydrogen (secondary N) is 2. The smallest absolute Gasteiger partial charge is 0.413 e. The number of rotatable bonds is 3. The van der Waals surface area contributed by atoms with Crippen molar-refractivity contribution in [2.75, 3.05) is 11.1 Å². The molecule has 0 spiro atoms. The fourth-order valence-corrected chi connectivity index (χ4v) is 5.46. The summed E-state index contributed by atoms with van der Waals surface area (Å²) in [4.78, 5) is 34.0. The molecule has 7 nitrogen and oxygen atoms in total. The van der Waals surface area contributed by atoms with Crippen LogP contribution in [0.3, 0.4) is 0 Å². The summed E-state index contributed by atoms with van der Waals surface area (Å²) in [5, 5.41) is 6.35. The van der Waals surface area contributed by atoms with Crippen molar-refractivity contribution in [3.63, 3.8) is 0 Å². The van der Waals surface area contributed by atoms with Gasteiger partial charge < -0.3 is 10.1 Å². The van der Waals surface area contributed by atoms with E-state index in [2.05, 4.69) is 21.7 Å². The van der Waals surface area contributed by atoms with Gasteiger partial charge in [0.05, 0.1) is 5.54 Å². The number of fused-ring (bicyclic) bond motifs is 1. The van der Waals surface area contributed by atoms with Crippen molar-refractivity contribution >= 4 is 34.6 Å². The molecular weight excluding hydrogens is 424 g/mol. The molecule has 2 N–H and O–H groups in total. The third-order valence-electron chi connectivity index (χ3n) is 5.63.